The summed E-state index contributed by atoms with van der Waals surface area (Å²) >= 11 is 0. The van der Waals surface area contributed by atoms with Gasteiger partial charge in [0.1, 0.15) is 47.0 Å². The Bertz CT molecular complexity index is 4870. The number of amides is 4. The number of anilines is 4. The first kappa shape index (κ1) is 89.7. The van der Waals surface area contributed by atoms with Crippen LogP contribution in [-0.2, 0) is 38.1 Å². The molecule has 0 aliphatic carbocycles. The summed E-state index contributed by atoms with van der Waals surface area (Å²) in [5.74, 6) is -1.16. The van der Waals surface area contributed by atoms with Gasteiger partial charge < -0.3 is 79.8 Å². The Balaban J connectivity index is 0.000000141. The summed E-state index contributed by atoms with van der Waals surface area (Å²) in [6, 6.07) is 38.4. The monoisotopic (exact) mass is 1690 g/mol. The van der Waals surface area contributed by atoms with Crippen LogP contribution < -0.4 is 46.2 Å². The Labute approximate surface area is 715 Å². The first-order valence-corrected chi connectivity index (χ1v) is 42.5. The van der Waals surface area contributed by atoms with E-state index in [1.807, 2.05) is 122 Å². The highest BCUT2D eigenvalue weighted by molar-refractivity contribution is 5.99. The van der Waals surface area contributed by atoms with Crippen LogP contribution in [0.3, 0.4) is 0 Å². The van der Waals surface area contributed by atoms with Crippen molar-refractivity contribution in [2.24, 2.45) is 0 Å². The molecule has 8 aliphatic heterocycles. The van der Waals surface area contributed by atoms with Crippen LogP contribution in [0.25, 0.3) is 43.6 Å². The molecule has 650 valence electrons. The summed E-state index contributed by atoms with van der Waals surface area (Å²) in [6.45, 7) is 17.0. The molecule has 8 aliphatic rings. The number of carbonyl (C=O) groups is 4. The van der Waals surface area contributed by atoms with E-state index in [-0.39, 0.29) is 74.2 Å². The average Bonchev–Trinajstić information content (AvgIpc) is 0.791. The molecule has 8 aromatic rings. The first-order chi connectivity index (χ1) is 59.1. The van der Waals surface area contributed by atoms with Gasteiger partial charge in [0, 0.05) is 135 Å². The summed E-state index contributed by atoms with van der Waals surface area (Å²) in [6.07, 6.45) is 6.51. The van der Waals surface area contributed by atoms with Crippen molar-refractivity contribution in [3.8, 4) is 24.3 Å². The molecule has 0 radical (unpaired) electrons. The van der Waals surface area contributed by atoms with Crippen LogP contribution in [0.4, 0.5) is 40.3 Å². The number of rotatable bonds is 16. The second-order valence-electron chi connectivity index (χ2n) is 34.1. The van der Waals surface area contributed by atoms with Crippen LogP contribution in [0.15, 0.2) is 122 Å². The topological polar surface area (TPSA) is 335 Å². The van der Waals surface area contributed by atoms with Gasteiger partial charge in [0.2, 0.25) is 0 Å². The van der Waals surface area contributed by atoms with Crippen LogP contribution in [0.5, 0.6) is 0 Å². The van der Waals surface area contributed by atoms with Gasteiger partial charge >= 0.3 is 0 Å². The lowest BCUT2D eigenvalue weighted by Gasteiger charge is -2.39. The van der Waals surface area contributed by atoms with E-state index in [9.17, 15) is 44.6 Å². The lowest BCUT2D eigenvalue weighted by Crippen LogP contribution is -2.55. The number of halogens is 4. The Kier molecular flexibility index (Phi) is 29.2. The summed E-state index contributed by atoms with van der Waals surface area (Å²) in [5, 5.41) is 55.2. The minimum Gasteiger partial charge on any atom is -0.365 e. The molecule has 4 aromatic carbocycles. The van der Waals surface area contributed by atoms with E-state index in [2.05, 4.69) is 105 Å². The van der Waals surface area contributed by atoms with Crippen LogP contribution in [0.2, 0.25) is 0 Å². The van der Waals surface area contributed by atoms with E-state index in [0.29, 0.717) is 200 Å². The number of morpholine rings is 4. The van der Waals surface area contributed by atoms with Crippen molar-refractivity contribution >= 4 is 90.0 Å². The van der Waals surface area contributed by atoms with Gasteiger partial charge in [0.05, 0.1) is 121 Å². The molecule has 5 N–H and O–H groups in total. The lowest BCUT2D eigenvalue weighted by atomic mass is 9.93. The van der Waals surface area contributed by atoms with Gasteiger partial charge in [-0.3, -0.25) is 39.1 Å². The molecule has 8 saturated heterocycles. The van der Waals surface area contributed by atoms with Crippen molar-refractivity contribution in [1.82, 2.24) is 61.2 Å². The fraction of sp³-hybridized carbons (Fsp3) is 0.516. The molecular formula is C91H110F4N20O8. The number of hydrogen-bond acceptors (Lipinski definition) is 24. The maximum atomic E-state index is 15.0. The number of piperidine rings is 4. The quantitative estimate of drug-likeness (QED) is 0.0565. The molecule has 8 atom stereocenters. The third-order valence-corrected chi connectivity index (χ3v) is 24.5. The zero-order valence-corrected chi connectivity index (χ0v) is 71.0. The van der Waals surface area contributed by atoms with E-state index in [4.69, 9.17) is 18.9 Å². The number of nitrogens with zero attached hydrogens (tertiary/aromatic N) is 15. The molecule has 123 heavy (non-hydrogen) atoms. The normalized spacial score (nSPS) is 23.9. The first-order valence-electron chi connectivity index (χ1n) is 42.5. The van der Waals surface area contributed by atoms with Crippen LogP contribution in [0, 0.1) is 45.3 Å². The SMILES string of the molecule is CC1CN(c2ccc(C#N)c3ncccc23)CC(C(=O)NCC2(F)CCN(C)CC2)O1.CC1CN(c2ccc(C#N)c3ncccc23)CC(C(=O)NCC2(F)CCN(C)CC2)O1.CC1CN(c2ccc(C#N)c3ncccc23)CC(C(=O)NCC2(F)CCN(C)CC2)O1.C[C@@H]1CN(c2ccc(C#N)c3ncccc23)C[C@H](C(=O)NCC2(F)CCNCC2)O1. The number of likely N-dealkylation sites (tertiary alicyclic amines) is 3. The van der Waals surface area contributed by atoms with Gasteiger partial charge in [-0.2, -0.15) is 21.0 Å². The lowest BCUT2D eigenvalue weighted by molar-refractivity contribution is -0.138. The Morgan fingerprint density at radius 2 is 0.585 bits per heavy atom. The molecule has 28 nitrogen and oxygen atoms in total. The molecule has 0 saturated carbocycles. The van der Waals surface area contributed by atoms with E-state index >= 15 is 13.2 Å². The van der Waals surface area contributed by atoms with Crippen molar-refractivity contribution in [2.45, 2.75) is 151 Å². The van der Waals surface area contributed by atoms with Crippen molar-refractivity contribution in [3.05, 3.63) is 144 Å². The molecule has 12 heterocycles. The number of carbonyl (C=O) groups excluding carboxylic acids is 4. The zero-order chi connectivity index (χ0) is 87.2. The van der Waals surface area contributed by atoms with Crippen molar-refractivity contribution in [1.29, 1.82) is 21.0 Å². The molecular weight excluding hydrogens is 1580 g/mol. The number of nitriles is 4. The molecule has 32 heteroatoms. The van der Waals surface area contributed by atoms with Crippen LogP contribution in [0.1, 0.15) is 101 Å². The van der Waals surface area contributed by atoms with Crippen LogP contribution >= 0.6 is 0 Å². The fourth-order valence-electron chi connectivity index (χ4n) is 17.3. The molecule has 4 aromatic heterocycles. The van der Waals surface area contributed by atoms with Gasteiger partial charge in [0.25, 0.3) is 23.6 Å². The van der Waals surface area contributed by atoms with Crippen molar-refractivity contribution < 1.29 is 55.7 Å². The maximum Gasteiger partial charge on any atom is 0.251 e. The van der Waals surface area contributed by atoms with E-state index in [0.717, 1.165) is 44.3 Å². The van der Waals surface area contributed by atoms with Crippen LogP contribution in [-0.4, -0.2) is 282 Å². The highest BCUT2D eigenvalue weighted by Crippen LogP contribution is 2.37. The summed E-state index contributed by atoms with van der Waals surface area (Å²) in [7, 11) is 5.94. The van der Waals surface area contributed by atoms with E-state index in [1.165, 1.54) is 0 Å². The summed E-state index contributed by atoms with van der Waals surface area (Å²) < 4.78 is 83.4. The third-order valence-electron chi connectivity index (χ3n) is 24.5. The number of pyridine rings is 4. The van der Waals surface area contributed by atoms with Gasteiger partial charge in [-0.25, -0.2) is 17.6 Å². The highest BCUT2D eigenvalue weighted by Gasteiger charge is 2.42. The molecule has 6 unspecified atom stereocenters. The smallest absolute Gasteiger partial charge is 0.251 e. The number of nitrogens with one attached hydrogen (secondary N) is 5. The van der Waals surface area contributed by atoms with E-state index in [1.54, 1.807) is 49.1 Å². The second-order valence-corrected chi connectivity index (χ2v) is 34.1. The molecule has 4 amide bonds. The Hall–Kier alpha value is -11.0. The minimum atomic E-state index is -1.37. The number of fused-ring (bicyclic) bond motifs is 4. The Morgan fingerprint density at radius 1 is 0.366 bits per heavy atom. The fourth-order valence-corrected chi connectivity index (χ4v) is 17.3. The van der Waals surface area contributed by atoms with Gasteiger partial charge in [-0.1, -0.05) is 0 Å². The summed E-state index contributed by atoms with van der Waals surface area (Å²) in [4.78, 5) is 83.4. The zero-order valence-electron chi connectivity index (χ0n) is 71.0. The van der Waals surface area contributed by atoms with Gasteiger partial charge in [0.15, 0.2) is 24.4 Å². The number of ether oxygens (including phenoxy) is 4. The minimum absolute atomic E-state index is 0.00543. The molecule has 8 fully saturated rings. The number of aromatic nitrogens is 4. The van der Waals surface area contributed by atoms with Crippen molar-refractivity contribution in [3.63, 3.8) is 0 Å². The molecule has 0 bridgehead atoms. The predicted octanol–water partition coefficient (Wildman–Crippen LogP) is 8.66. The molecule has 16 rings (SSSR count). The highest BCUT2D eigenvalue weighted by atomic mass is 19.2. The standard InChI is InChI=1S/3C23H28FN5O2.C22H26FN5O2/c3*1-16-13-29(19-6-5-17(12-25)21-18(19)4-3-9-26-21)14-20(31-16)22(30)27-15-23(24)7-10-28(2)11-8-23;1-15-12-28(18-5-4-16(11-24)20-17(18)3-2-8-26-20)13-19(30-15)21(29)27-14-22(23)6-9-25-10-7-22/h3*3-6,9,16,20H,7-8,10-11,13-15H2,1-2H3,(H,27,30);2-5,8,15,19,25H,6-7,9-10,12-14H2,1H3,(H,27,29)/t;;;15-,19-/m...1/s1. The predicted molar refractivity (Wildman–Crippen MR) is 462 cm³/mol. The van der Waals surface area contributed by atoms with Gasteiger partial charge in [-0.15, -0.1) is 0 Å². The Morgan fingerprint density at radius 3 is 0.805 bits per heavy atom. The second kappa shape index (κ2) is 40.1. The molecule has 0 spiro atoms. The summed E-state index contributed by atoms with van der Waals surface area (Å²) in [5.41, 5.74) is 2.81. The number of benzene rings is 4. The number of hydrogen-bond donors (Lipinski definition) is 5. The average molecular weight is 1690 g/mol. The maximum absolute atomic E-state index is 15.0. The number of alkyl halides is 4. The largest absolute Gasteiger partial charge is 0.365 e. The third kappa shape index (κ3) is 22.3. The van der Waals surface area contributed by atoms with Gasteiger partial charge in [-0.05, 0) is 210 Å². The van der Waals surface area contributed by atoms with E-state index < -0.39 is 47.1 Å². The van der Waals surface area contributed by atoms with Crippen molar-refractivity contribution in [2.75, 3.05) is 172 Å².